The van der Waals surface area contributed by atoms with E-state index in [1.165, 1.54) is 6.26 Å². The maximum absolute atomic E-state index is 11.4. The molecule has 6 heteroatoms. The molecule has 0 spiro atoms. The lowest BCUT2D eigenvalue weighted by molar-refractivity contribution is 0.601. The van der Waals surface area contributed by atoms with Crippen molar-refractivity contribution in [3.05, 3.63) is 35.4 Å². The summed E-state index contributed by atoms with van der Waals surface area (Å²) in [4.78, 5) is 4.25. The summed E-state index contributed by atoms with van der Waals surface area (Å²) >= 11 is 0. The molecule has 0 saturated carbocycles. The molecule has 0 aromatic heterocycles. The van der Waals surface area contributed by atoms with Gasteiger partial charge in [0.1, 0.15) is 0 Å². The van der Waals surface area contributed by atoms with Gasteiger partial charge >= 0.3 is 0 Å². The molecule has 0 bridgehead atoms. The van der Waals surface area contributed by atoms with Crippen LogP contribution in [0.4, 0.5) is 0 Å². The van der Waals surface area contributed by atoms with Gasteiger partial charge in [-0.1, -0.05) is 37.6 Å². The molecule has 0 aliphatic heterocycles. The quantitative estimate of drug-likeness (QED) is 0.453. The minimum atomic E-state index is -3.05. The minimum absolute atomic E-state index is 0.0296. The molecule has 0 aliphatic rings. The van der Waals surface area contributed by atoms with Gasteiger partial charge in [-0.3, -0.25) is 0 Å². The Morgan fingerprint density at radius 1 is 1.30 bits per heavy atom. The van der Waals surface area contributed by atoms with Crippen molar-refractivity contribution < 1.29 is 8.42 Å². The van der Waals surface area contributed by atoms with Gasteiger partial charge in [-0.05, 0) is 17.5 Å². The molecule has 0 fully saturated rings. The molecule has 5 nitrogen and oxygen atoms in total. The maximum Gasteiger partial charge on any atom is 0.188 e. The Labute approximate surface area is 121 Å². The van der Waals surface area contributed by atoms with E-state index >= 15 is 0 Å². The lowest BCUT2D eigenvalue weighted by Crippen LogP contribution is -2.32. The fourth-order valence-electron chi connectivity index (χ4n) is 1.75. The van der Waals surface area contributed by atoms with Gasteiger partial charge in [0.05, 0.1) is 12.3 Å². The van der Waals surface area contributed by atoms with Crippen LogP contribution in [-0.4, -0.2) is 27.2 Å². The topological polar surface area (TPSA) is 84.5 Å². The van der Waals surface area contributed by atoms with Gasteiger partial charge < -0.3 is 11.1 Å². The molecular formula is C14H23N3O2S. The van der Waals surface area contributed by atoms with Crippen LogP contribution in [0.15, 0.2) is 29.3 Å². The van der Waals surface area contributed by atoms with Crippen LogP contribution >= 0.6 is 0 Å². The smallest absolute Gasteiger partial charge is 0.188 e. The van der Waals surface area contributed by atoms with Crippen molar-refractivity contribution >= 4 is 15.8 Å². The van der Waals surface area contributed by atoms with Gasteiger partial charge in [0.15, 0.2) is 15.8 Å². The normalized spacial score (nSPS) is 12.4. The van der Waals surface area contributed by atoms with Gasteiger partial charge in [0, 0.05) is 12.8 Å². The van der Waals surface area contributed by atoms with Crippen molar-refractivity contribution in [2.24, 2.45) is 10.7 Å². The number of aliphatic imine (C=N–C) groups is 1. The number of hydrogen-bond acceptors (Lipinski definition) is 3. The van der Waals surface area contributed by atoms with E-state index < -0.39 is 9.84 Å². The Kier molecular flexibility index (Phi) is 6.51. The molecular weight excluding hydrogens is 274 g/mol. The van der Waals surface area contributed by atoms with Crippen LogP contribution in [0.2, 0.25) is 0 Å². The molecule has 1 aromatic carbocycles. The summed E-state index contributed by atoms with van der Waals surface area (Å²) in [5, 5.41) is 3.03. The molecule has 1 aromatic rings. The van der Waals surface area contributed by atoms with E-state index in [9.17, 15) is 8.42 Å². The highest BCUT2D eigenvalue weighted by Gasteiger charge is 2.08. The van der Waals surface area contributed by atoms with E-state index in [0.29, 0.717) is 12.5 Å². The average molecular weight is 297 g/mol. The van der Waals surface area contributed by atoms with Crippen molar-refractivity contribution in [2.45, 2.75) is 32.1 Å². The highest BCUT2D eigenvalue weighted by Crippen LogP contribution is 2.13. The van der Waals surface area contributed by atoms with Crippen molar-refractivity contribution in [1.29, 1.82) is 0 Å². The molecule has 112 valence electrons. The molecule has 3 N–H and O–H groups in total. The molecule has 0 unspecified atom stereocenters. The van der Waals surface area contributed by atoms with Crippen molar-refractivity contribution in [1.82, 2.24) is 5.32 Å². The van der Waals surface area contributed by atoms with E-state index in [1.54, 1.807) is 0 Å². The SMILES string of the molecule is CCCCNC(N)=NCc1ccccc1CS(C)(=O)=O. The Morgan fingerprint density at radius 3 is 2.55 bits per heavy atom. The molecule has 0 heterocycles. The highest BCUT2D eigenvalue weighted by atomic mass is 32.2. The third kappa shape index (κ3) is 6.56. The first-order valence-electron chi connectivity index (χ1n) is 6.70. The fraction of sp³-hybridized carbons (Fsp3) is 0.500. The number of hydrogen-bond donors (Lipinski definition) is 2. The number of sulfone groups is 1. The van der Waals surface area contributed by atoms with Crippen LogP contribution in [0, 0.1) is 0 Å². The van der Waals surface area contributed by atoms with Crippen LogP contribution < -0.4 is 11.1 Å². The van der Waals surface area contributed by atoms with E-state index in [-0.39, 0.29) is 5.75 Å². The number of nitrogens with two attached hydrogens (primary N) is 1. The summed E-state index contributed by atoms with van der Waals surface area (Å²) in [5.41, 5.74) is 7.43. The first-order chi connectivity index (χ1) is 9.42. The highest BCUT2D eigenvalue weighted by molar-refractivity contribution is 7.89. The number of rotatable bonds is 7. The number of nitrogens with zero attached hydrogens (tertiary/aromatic N) is 1. The van der Waals surface area contributed by atoms with Gasteiger partial charge in [0.25, 0.3) is 0 Å². The number of nitrogens with one attached hydrogen (secondary N) is 1. The predicted octanol–water partition coefficient (Wildman–Crippen LogP) is 1.44. The van der Waals surface area contributed by atoms with Crippen molar-refractivity contribution in [2.75, 3.05) is 12.8 Å². The molecule has 20 heavy (non-hydrogen) atoms. The fourth-order valence-corrected chi connectivity index (χ4v) is 2.60. The molecule has 0 atom stereocenters. The Hall–Kier alpha value is -1.56. The van der Waals surface area contributed by atoms with E-state index in [0.717, 1.165) is 30.5 Å². The monoisotopic (exact) mass is 297 g/mol. The van der Waals surface area contributed by atoms with E-state index in [1.807, 2.05) is 24.3 Å². The Morgan fingerprint density at radius 2 is 1.95 bits per heavy atom. The zero-order valence-electron chi connectivity index (χ0n) is 12.1. The van der Waals surface area contributed by atoms with E-state index in [2.05, 4.69) is 17.2 Å². The molecule has 1 rings (SSSR count). The van der Waals surface area contributed by atoms with E-state index in [4.69, 9.17) is 5.73 Å². The standard InChI is InChI=1S/C14H23N3O2S/c1-3-4-9-16-14(15)17-10-12-7-5-6-8-13(12)11-20(2,18)19/h5-8H,3-4,9-11H2,1-2H3,(H3,15,16,17). The van der Waals surface area contributed by atoms with Crippen LogP contribution in [0.1, 0.15) is 30.9 Å². The van der Waals surface area contributed by atoms with Gasteiger partial charge in [-0.25, -0.2) is 13.4 Å². The van der Waals surface area contributed by atoms with Crippen LogP contribution in [-0.2, 0) is 22.1 Å². The van der Waals surface area contributed by atoms with Gasteiger partial charge in [0.2, 0.25) is 0 Å². The van der Waals surface area contributed by atoms with Gasteiger partial charge in [-0.2, -0.15) is 0 Å². The maximum atomic E-state index is 11.4. The second-order valence-corrected chi connectivity index (χ2v) is 6.96. The Bertz CT molecular complexity index is 553. The number of guanidine groups is 1. The summed E-state index contributed by atoms with van der Waals surface area (Å²) in [6, 6.07) is 7.39. The summed E-state index contributed by atoms with van der Waals surface area (Å²) in [6.45, 7) is 3.30. The lowest BCUT2D eigenvalue weighted by Gasteiger charge is -2.08. The largest absolute Gasteiger partial charge is 0.370 e. The first-order valence-corrected chi connectivity index (χ1v) is 8.76. The van der Waals surface area contributed by atoms with Crippen molar-refractivity contribution in [3.8, 4) is 0 Å². The van der Waals surface area contributed by atoms with Crippen molar-refractivity contribution in [3.63, 3.8) is 0 Å². The molecule has 0 saturated heterocycles. The summed E-state index contributed by atoms with van der Waals surface area (Å²) in [6.07, 6.45) is 3.37. The second kappa shape index (κ2) is 7.89. The second-order valence-electron chi connectivity index (χ2n) is 4.82. The third-order valence-electron chi connectivity index (χ3n) is 2.79. The van der Waals surface area contributed by atoms with Gasteiger partial charge in [-0.15, -0.1) is 0 Å². The lowest BCUT2D eigenvalue weighted by atomic mass is 10.1. The number of benzene rings is 1. The van der Waals surface area contributed by atoms with Crippen LogP contribution in [0.5, 0.6) is 0 Å². The summed E-state index contributed by atoms with van der Waals surface area (Å²) < 4.78 is 22.8. The number of unbranched alkanes of at least 4 members (excludes halogenated alkanes) is 1. The Balaban J connectivity index is 2.70. The zero-order chi connectivity index (χ0) is 15.0. The first kappa shape index (κ1) is 16.5. The molecule has 0 amide bonds. The summed E-state index contributed by atoms with van der Waals surface area (Å²) in [7, 11) is -3.05. The van der Waals surface area contributed by atoms with Crippen LogP contribution in [0.25, 0.3) is 0 Å². The average Bonchev–Trinajstić information content (AvgIpc) is 2.36. The van der Waals surface area contributed by atoms with Crippen LogP contribution in [0.3, 0.4) is 0 Å². The summed E-state index contributed by atoms with van der Waals surface area (Å²) in [5.74, 6) is 0.426. The molecule has 0 radical (unpaired) electrons. The zero-order valence-corrected chi connectivity index (χ0v) is 12.9. The predicted molar refractivity (Wildman–Crippen MR) is 83.2 cm³/mol. The molecule has 0 aliphatic carbocycles. The minimum Gasteiger partial charge on any atom is -0.370 e. The third-order valence-corrected chi connectivity index (χ3v) is 3.63.